The van der Waals surface area contributed by atoms with Crippen molar-refractivity contribution >= 4 is 6.09 Å². The molecule has 3 atom stereocenters. The lowest BCUT2D eigenvalue weighted by atomic mass is 9.92. The van der Waals surface area contributed by atoms with Crippen LogP contribution in [0.5, 0.6) is 0 Å². The second-order valence-corrected chi connectivity index (χ2v) is 7.29. The highest BCUT2D eigenvalue weighted by atomic mass is 16.5. The Morgan fingerprint density at radius 1 is 1.04 bits per heavy atom. The first kappa shape index (κ1) is 20.9. The number of benzene rings is 2. The lowest BCUT2D eigenvalue weighted by molar-refractivity contribution is 0.0805. The van der Waals surface area contributed by atoms with Gasteiger partial charge in [-0.25, -0.2) is 4.79 Å². The van der Waals surface area contributed by atoms with E-state index in [0.717, 1.165) is 11.1 Å². The van der Waals surface area contributed by atoms with Gasteiger partial charge in [0.2, 0.25) is 0 Å². The number of nitrogens with two attached hydrogens (primary N) is 1. The van der Waals surface area contributed by atoms with Gasteiger partial charge >= 0.3 is 6.09 Å². The number of hydrogen-bond donors (Lipinski definition) is 3. The van der Waals surface area contributed by atoms with Gasteiger partial charge in [-0.3, -0.25) is 0 Å². The second-order valence-electron chi connectivity index (χ2n) is 7.29. The van der Waals surface area contributed by atoms with Crippen molar-refractivity contribution in [2.75, 3.05) is 0 Å². The minimum Gasteiger partial charge on any atom is -0.445 e. The van der Waals surface area contributed by atoms with Crippen molar-refractivity contribution < 1.29 is 14.6 Å². The molecule has 0 bridgehead atoms. The molecule has 5 heteroatoms. The number of amides is 1. The first-order valence-corrected chi connectivity index (χ1v) is 9.40. The molecule has 0 saturated heterocycles. The first-order valence-electron chi connectivity index (χ1n) is 9.40. The monoisotopic (exact) mass is 370 g/mol. The Hall–Kier alpha value is -2.37. The van der Waals surface area contributed by atoms with Crippen molar-refractivity contribution in [2.24, 2.45) is 11.7 Å². The van der Waals surface area contributed by atoms with Gasteiger partial charge in [-0.2, -0.15) is 0 Å². The Bertz CT molecular complexity index is 676. The topological polar surface area (TPSA) is 84.6 Å². The maximum atomic E-state index is 12.3. The second kappa shape index (κ2) is 10.7. The SMILES string of the molecule is CC(C)CC(N)C(O)C(Cc1ccccc1)NC(=O)OCc1ccccc1. The summed E-state index contributed by atoms with van der Waals surface area (Å²) < 4.78 is 5.31. The molecular weight excluding hydrogens is 340 g/mol. The molecule has 4 N–H and O–H groups in total. The molecule has 0 saturated carbocycles. The number of hydrogen-bond acceptors (Lipinski definition) is 4. The smallest absolute Gasteiger partial charge is 0.407 e. The Kier molecular flexibility index (Phi) is 8.30. The summed E-state index contributed by atoms with van der Waals surface area (Å²) in [5.74, 6) is 0.358. The predicted molar refractivity (Wildman–Crippen MR) is 107 cm³/mol. The number of alkyl carbamates (subject to hydrolysis) is 1. The van der Waals surface area contributed by atoms with Crippen molar-refractivity contribution in [1.82, 2.24) is 5.32 Å². The molecule has 146 valence electrons. The van der Waals surface area contributed by atoms with E-state index in [0.29, 0.717) is 18.8 Å². The fourth-order valence-electron chi connectivity index (χ4n) is 3.02. The van der Waals surface area contributed by atoms with Crippen LogP contribution in [-0.4, -0.2) is 29.4 Å². The highest BCUT2D eigenvalue weighted by molar-refractivity contribution is 5.67. The van der Waals surface area contributed by atoms with E-state index in [-0.39, 0.29) is 6.61 Å². The summed E-state index contributed by atoms with van der Waals surface area (Å²) in [5.41, 5.74) is 8.09. The molecule has 2 aromatic carbocycles. The van der Waals surface area contributed by atoms with Gasteiger partial charge in [0.25, 0.3) is 0 Å². The van der Waals surface area contributed by atoms with Crippen LogP contribution in [0.4, 0.5) is 4.79 Å². The largest absolute Gasteiger partial charge is 0.445 e. The maximum absolute atomic E-state index is 12.3. The third-order valence-electron chi connectivity index (χ3n) is 4.41. The van der Waals surface area contributed by atoms with Gasteiger partial charge in [-0.05, 0) is 29.9 Å². The summed E-state index contributed by atoms with van der Waals surface area (Å²) in [6, 6.07) is 18.2. The van der Waals surface area contributed by atoms with Crippen LogP contribution in [0.1, 0.15) is 31.4 Å². The van der Waals surface area contributed by atoms with Gasteiger partial charge in [0.05, 0.1) is 12.1 Å². The molecular formula is C22H30N2O3. The third kappa shape index (κ3) is 7.41. The van der Waals surface area contributed by atoms with E-state index in [2.05, 4.69) is 19.2 Å². The molecule has 0 fully saturated rings. The summed E-state index contributed by atoms with van der Waals surface area (Å²) in [5, 5.41) is 13.5. The van der Waals surface area contributed by atoms with E-state index < -0.39 is 24.3 Å². The average molecular weight is 370 g/mol. The molecule has 0 aliphatic heterocycles. The summed E-state index contributed by atoms with van der Waals surface area (Å²) in [6.45, 7) is 4.29. The van der Waals surface area contributed by atoms with Crippen molar-refractivity contribution in [3.63, 3.8) is 0 Å². The summed E-state index contributed by atoms with van der Waals surface area (Å²) >= 11 is 0. The molecule has 0 aliphatic rings. The zero-order chi connectivity index (χ0) is 19.6. The maximum Gasteiger partial charge on any atom is 0.407 e. The van der Waals surface area contributed by atoms with E-state index >= 15 is 0 Å². The van der Waals surface area contributed by atoms with Gasteiger partial charge in [-0.1, -0.05) is 74.5 Å². The van der Waals surface area contributed by atoms with Crippen LogP contribution < -0.4 is 11.1 Å². The highest BCUT2D eigenvalue weighted by Gasteiger charge is 2.28. The Labute approximate surface area is 161 Å². The van der Waals surface area contributed by atoms with Crippen molar-refractivity contribution in [3.05, 3.63) is 71.8 Å². The standard InChI is InChI=1S/C22H30N2O3/c1-16(2)13-19(23)21(25)20(14-17-9-5-3-6-10-17)24-22(26)27-15-18-11-7-4-8-12-18/h3-12,16,19-21,25H,13-15,23H2,1-2H3,(H,24,26). The van der Waals surface area contributed by atoms with E-state index in [9.17, 15) is 9.90 Å². The van der Waals surface area contributed by atoms with Gasteiger partial charge in [-0.15, -0.1) is 0 Å². The number of carbonyl (C=O) groups is 1. The van der Waals surface area contributed by atoms with Gasteiger partial charge in [0, 0.05) is 6.04 Å². The minimum atomic E-state index is -0.864. The molecule has 0 heterocycles. The zero-order valence-corrected chi connectivity index (χ0v) is 16.0. The van der Waals surface area contributed by atoms with E-state index in [4.69, 9.17) is 10.5 Å². The van der Waals surface area contributed by atoms with Gasteiger partial charge in [0.1, 0.15) is 6.61 Å². The molecule has 5 nitrogen and oxygen atoms in total. The molecule has 0 aromatic heterocycles. The molecule has 3 unspecified atom stereocenters. The number of nitrogens with one attached hydrogen (secondary N) is 1. The molecule has 0 spiro atoms. The number of aliphatic hydroxyl groups excluding tert-OH is 1. The Morgan fingerprint density at radius 2 is 1.59 bits per heavy atom. The molecule has 27 heavy (non-hydrogen) atoms. The van der Waals surface area contributed by atoms with Crippen molar-refractivity contribution in [3.8, 4) is 0 Å². The molecule has 1 amide bonds. The normalized spacial score (nSPS) is 14.4. The lowest BCUT2D eigenvalue weighted by Crippen LogP contribution is -2.52. The predicted octanol–water partition coefficient (Wildman–Crippen LogP) is 3.26. The van der Waals surface area contributed by atoms with Crippen LogP contribution in [-0.2, 0) is 17.8 Å². The summed E-state index contributed by atoms with van der Waals surface area (Å²) in [6.07, 6.45) is -0.269. The van der Waals surface area contributed by atoms with E-state index in [1.54, 1.807) is 0 Å². The number of aliphatic hydroxyl groups is 1. The average Bonchev–Trinajstić information content (AvgIpc) is 2.66. The van der Waals surface area contributed by atoms with Crippen LogP contribution >= 0.6 is 0 Å². The van der Waals surface area contributed by atoms with Crippen molar-refractivity contribution in [1.29, 1.82) is 0 Å². The van der Waals surface area contributed by atoms with Crippen LogP contribution in [0.15, 0.2) is 60.7 Å². The zero-order valence-electron chi connectivity index (χ0n) is 16.0. The van der Waals surface area contributed by atoms with E-state index in [1.165, 1.54) is 0 Å². The van der Waals surface area contributed by atoms with Crippen LogP contribution in [0.2, 0.25) is 0 Å². The molecule has 2 aromatic rings. The summed E-state index contributed by atoms with van der Waals surface area (Å²) in [4.78, 5) is 12.3. The number of rotatable bonds is 9. The minimum absolute atomic E-state index is 0.179. The van der Waals surface area contributed by atoms with E-state index in [1.807, 2.05) is 60.7 Å². The lowest BCUT2D eigenvalue weighted by Gasteiger charge is -2.29. The molecule has 2 rings (SSSR count). The fourth-order valence-corrected chi connectivity index (χ4v) is 3.02. The molecule has 0 radical (unpaired) electrons. The first-order chi connectivity index (χ1) is 13.0. The number of ether oxygens (including phenoxy) is 1. The highest BCUT2D eigenvalue weighted by Crippen LogP contribution is 2.13. The fraction of sp³-hybridized carbons (Fsp3) is 0.409. The van der Waals surface area contributed by atoms with Gasteiger partial charge < -0.3 is 20.9 Å². The quantitative estimate of drug-likeness (QED) is 0.632. The number of carbonyl (C=O) groups excluding carboxylic acids is 1. The summed E-state index contributed by atoms with van der Waals surface area (Å²) in [7, 11) is 0. The Morgan fingerprint density at radius 3 is 2.15 bits per heavy atom. The van der Waals surface area contributed by atoms with Gasteiger partial charge in [0.15, 0.2) is 0 Å². The third-order valence-corrected chi connectivity index (χ3v) is 4.41. The Balaban J connectivity index is 2.00. The van der Waals surface area contributed by atoms with Crippen LogP contribution in [0.25, 0.3) is 0 Å². The molecule has 0 aliphatic carbocycles. The van der Waals surface area contributed by atoms with Crippen molar-refractivity contribution in [2.45, 2.75) is 51.5 Å². The van der Waals surface area contributed by atoms with Crippen LogP contribution in [0, 0.1) is 5.92 Å². The van der Waals surface area contributed by atoms with Crippen LogP contribution in [0.3, 0.4) is 0 Å².